The molecule has 0 radical (unpaired) electrons. The molecule has 23 heavy (non-hydrogen) atoms. The van der Waals surface area contributed by atoms with Crippen molar-refractivity contribution in [2.45, 2.75) is 25.3 Å². The van der Waals surface area contributed by atoms with Gasteiger partial charge in [-0.2, -0.15) is 0 Å². The Morgan fingerprint density at radius 3 is 2.57 bits per heavy atom. The normalized spacial score (nSPS) is 11.9. The summed E-state index contributed by atoms with van der Waals surface area (Å²) in [6.45, 7) is 0.920. The van der Waals surface area contributed by atoms with E-state index in [2.05, 4.69) is 5.32 Å². The molecule has 2 rings (SSSR count). The molecule has 2 N–H and O–H groups in total. The molecule has 1 unspecified atom stereocenters. The molecule has 1 amide bonds. The van der Waals surface area contributed by atoms with Crippen molar-refractivity contribution in [3.63, 3.8) is 0 Å². The molecular formula is C18H22N2O3. The van der Waals surface area contributed by atoms with Crippen LogP contribution in [0.25, 0.3) is 0 Å². The van der Waals surface area contributed by atoms with Crippen LogP contribution in [0.1, 0.15) is 24.3 Å². The van der Waals surface area contributed by atoms with Crippen LogP contribution in [0, 0.1) is 0 Å². The number of aliphatic hydroxyl groups is 1. The van der Waals surface area contributed by atoms with Gasteiger partial charge in [-0.25, -0.2) is 0 Å². The number of nitrogens with one attached hydrogen (secondary N) is 1. The van der Waals surface area contributed by atoms with Crippen LogP contribution < -0.4 is 10.9 Å². The minimum absolute atomic E-state index is 0.0782. The number of rotatable bonds is 8. The first-order valence-electron chi connectivity index (χ1n) is 7.78. The van der Waals surface area contributed by atoms with Gasteiger partial charge in [0.05, 0.1) is 0 Å². The van der Waals surface area contributed by atoms with Crippen LogP contribution in [0.2, 0.25) is 0 Å². The Hall–Kier alpha value is -2.40. The molecule has 0 spiro atoms. The van der Waals surface area contributed by atoms with Gasteiger partial charge in [-0.3, -0.25) is 9.59 Å². The van der Waals surface area contributed by atoms with Crippen LogP contribution in [-0.4, -0.2) is 28.7 Å². The van der Waals surface area contributed by atoms with E-state index in [0.29, 0.717) is 19.5 Å². The average Bonchev–Trinajstić information content (AvgIpc) is 2.58. The smallest absolute Gasteiger partial charge is 0.250 e. The van der Waals surface area contributed by atoms with Gasteiger partial charge in [0.25, 0.3) is 5.56 Å². The fourth-order valence-corrected chi connectivity index (χ4v) is 2.46. The monoisotopic (exact) mass is 314 g/mol. The molecule has 0 saturated carbocycles. The van der Waals surface area contributed by atoms with Crippen LogP contribution in [-0.2, 0) is 11.3 Å². The van der Waals surface area contributed by atoms with E-state index >= 15 is 0 Å². The van der Waals surface area contributed by atoms with E-state index < -0.39 is 0 Å². The van der Waals surface area contributed by atoms with E-state index in [-0.39, 0.29) is 30.4 Å². The SMILES string of the molecule is O=C(CCn1ccccc1=O)NCC(CCO)c1ccccc1. The van der Waals surface area contributed by atoms with Crippen molar-refractivity contribution in [1.82, 2.24) is 9.88 Å². The van der Waals surface area contributed by atoms with Crippen molar-refractivity contribution in [2.24, 2.45) is 0 Å². The summed E-state index contributed by atoms with van der Waals surface area (Å²) in [5.74, 6) is -0.00998. The van der Waals surface area contributed by atoms with Crippen molar-refractivity contribution < 1.29 is 9.90 Å². The molecule has 0 aliphatic heterocycles. The maximum absolute atomic E-state index is 12.0. The summed E-state index contributed by atoms with van der Waals surface area (Å²) in [5, 5.41) is 12.1. The molecule has 1 atom stereocenters. The molecule has 5 heteroatoms. The zero-order valence-electron chi connectivity index (χ0n) is 13.0. The summed E-state index contributed by atoms with van der Waals surface area (Å²) in [4.78, 5) is 23.6. The van der Waals surface area contributed by atoms with E-state index in [1.54, 1.807) is 18.3 Å². The molecule has 1 aromatic carbocycles. The Morgan fingerprint density at radius 1 is 1.13 bits per heavy atom. The average molecular weight is 314 g/mol. The highest BCUT2D eigenvalue weighted by Crippen LogP contribution is 2.18. The van der Waals surface area contributed by atoms with E-state index in [1.807, 2.05) is 30.3 Å². The zero-order chi connectivity index (χ0) is 16.5. The Labute approximate surface area is 135 Å². The number of benzene rings is 1. The van der Waals surface area contributed by atoms with Gasteiger partial charge in [-0.05, 0) is 18.1 Å². The van der Waals surface area contributed by atoms with Crippen LogP contribution >= 0.6 is 0 Å². The van der Waals surface area contributed by atoms with Crippen molar-refractivity contribution >= 4 is 5.91 Å². The highest BCUT2D eigenvalue weighted by molar-refractivity contribution is 5.75. The molecular weight excluding hydrogens is 292 g/mol. The van der Waals surface area contributed by atoms with Gasteiger partial charge < -0.3 is 15.0 Å². The molecule has 0 fully saturated rings. The lowest BCUT2D eigenvalue weighted by Crippen LogP contribution is -2.30. The number of nitrogens with zero attached hydrogens (tertiary/aromatic N) is 1. The summed E-state index contributed by atoms with van der Waals surface area (Å²) in [5.41, 5.74) is 0.990. The Bertz CT molecular complexity index is 667. The number of carbonyl (C=O) groups excluding carboxylic acids is 1. The number of pyridine rings is 1. The summed E-state index contributed by atoms with van der Waals surface area (Å²) < 4.78 is 1.52. The maximum atomic E-state index is 12.0. The van der Waals surface area contributed by atoms with Gasteiger partial charge in [0.15, 0.2) is 0 Å². The molecule has 0 bridgehead atoms. The fourth-order valence-electron chi connectivity index (χ4n) is 2.46. The van der Waals surface area contributed by atoms with Crippen LogP contribution in [0.5, 0.6) is 0 Å². The third-order valence-corrected chi connectivity index (χ3v) is 3.77. The van der Waals surface area contributed by atoms with Crippen LogP contribution in [0.15, 0.2) is 59.5 Å². The second kappa shape index (κ2) is 8.90. The summed E-state index contributed by atoms with van der Waals surface area (Å²) in [6, 6.07) is 14.8. The maximum Gasteiger partial charge on any atom is 0.250 e. The first-order chi connectivity index (χ1) is 11.2. The van der Waals surface area contributed by atoms with Crippen molar-refractivity contribution in [3.8, 4) is 0 Å². The lowest BCUT2D eigenvalue weighted by molar-refractivity contribution is -0.121. The van der Waals surface area contributed by atoms with Gasteiger partial charge in [-0.15, -0.1) is 0 Å². The first kappa shape index (κ1) is 17.0. The third-order valence-electron chi connectivity index (χ3n) is 3.77. The molecule has 122 valence electrons. The quantitative estimate of drug-likeness (QED) is 0.776. The topological polar surface area (TPSA) is 71.3 Å². The van der Waals surface area contributed by atoms with Gasteiger partial charge in [0.2, 0.25) is 5.91 Å². The molecule has 0 aliphatic carbocycles. The second-order valence-electron chi connectivity index (χ2n) is 5.41. The number of hydrogen-bond acceptors (Lipinski definition) is 3. The number of carbonyl (C=O) groups is 1. The van der Waals surface area contributed by atoms with Gasteiger partial charge in [0, 0.05) is 44.3 Å². The highest BCUT2D eigenvalue weighted by Gasteiger charge is 2.12. The molecule has 0 aliphatic rings. The summed E-state index contributed by atoms with van der Waals surface area (Å²) in [7, 11) is 0. The number of aliphatic hydroxyl groups excluding tert-OH is 1. The van der Waals surface area contributed by atoms with Crippen molar-refractivity contribution in [2.75, 3.05) is 13.2 Å². The number of aryl methyl sites for hydroxylation is 1. The third kappa shape index (κ3) is 5.38. The predicted octanol–water partition coefficient (Wildman–Crippen LogP) is 1.52. The lowest BCUT2D eigenvalue weighted by atomic mass is 9.96. The lowest BCUT2D eigenvalue weighted by Gasteiger charge is -2.17. The minimum atomic E-state index is -0.109. The number of hydrogen-bond donors (Lipinski definition) is 2. The van der Waals surface area contributed by atoms with Crippen molar-refractivity contribution in [1.29, 1.82) is 0 Å². The minimum Gasteiger partial charge on any atom is -0.396 e. The van der Waals surface area contributed by atoms with E-state index in [4.69, 9.17) is 0 Å². The van der Waals surface area contributed by atoms with E-state index in [9.17, 15) is 14.7 Å². The second-order valence-corrected chi connectivity index (χ2v) is 5.41. The van der Waals surface area contributed by atoms with Gasteiger partial charge in [0.1, 0.15) is 0 Å². The predicted molar refractivity (Wildman–Crippen MR) is 89.2 cm³/mol. The number of aromatic nitrogens is 1. The first-order valence-corrected chi connectivity index (χ1v) is 7.78. The van der Waals surface area contributed by atoms with Crippen molar-refractivity contribution in [3.05, 3.63) is 70.6 Å². The molecule has 5 nitrogen and oxygen atoms in total. The molecule has 1 aromatic heterocycles. The van der Waals surface area contributed by atoms with E-state index in [1.165, 1.54) is 10.6 Å². The standard InChI is InChI=1S/C18H22N2O3/c21-13-10-16(15-6-2-1-3-7-15)14-19-17(22)9-12-20-11-5-4-8-18(20)23/h1-8,11,16,21H,9-10,12-14H2,(H,19,22). The van der Waals surface area contributed by atoms with Crippen LogP contribution in [0.4, 0.5) is 0 Å². The Kier molecular flexibility index (Phi) is 6.56. The summed E-state index contributed by atoms with van der Waals surface area (Å²) >= 11 is 0. The largest absolute Gasteiger partial charge is 0.396 e. The van der Waals surface area contributed by atoms with E-state index in [0.717, 1.165) is 5.56 Å². The van der Waals surface area contributed by atoms with Gasteiger partial charge in [-0.1, -0.05) is 36.4 Å². The van der Waals surface area contributed by atoms with Gasteiger partial charge >= 0.3 is 0 Å². The Balaban J connectivity index is 1.84. The fraction of sp³-hybridized carbons (Fsp3) is 0.333. The zero-order valence-corrected chi connectivity index (χ0v) is 13.0. The summed E-state index contributed by atoms with van der Waals surface area (Å²) in [6.07, 6.45) is 2.53. The number of amides is 1. The highest BCUT2D eigenvalue weighted by atomic mass is 16.3. The molecule has 1 heterocycles. The Morgan fingerprint density at radius 2 is 1.87 bits per heavy atom. The molecule has 0 saturated heterocycles. The molecule has 2 aromatic rings. The van der Waals surface area contributed by atoms with Crippen LogP contribution in [0.3, 0.4) is 0 Å².